The molecule has 0 bridgehead atoms. The van der Waals surface area contributed by atoms with E-state index in [2.05, 4.69) is 12.1 Å². The van der Waals surface area contributed by atoms with Crippen LogP contribution in [0.3, 0.4) is 0 Å². The Morgan fingerprint density at radius 3 is 2.25 bits per heavy atom. The first kappa shape index (κ1) is 19.0. The average Bonchev–Trinajstić information content (AvgIpc) is 3.54. The molecule has 28 heavy (non-hydrogen) atoms. The number of rotatable bonds is 5. The molecule has 0 N–H and O–H groups in total. The predicted octanol–water partition coefficient (Wildman–Crippen LogP) is 3.39. The highest BCUT2D eigenvalue weighted by molar-refractivity contribution is 8.00. The zero-order valence-electron chi connectivity index (χ0n) is 15.6. The highest BCUT2D eigenvalue weighted by atomic mass is 32.2. The molecule has 2 atom stereocenters. The van der Waals surface area contributed by atoms with Crippen molar-refractivity contribution in [3.63, 3.8) is 0 Å². The number of hydrogen-bond acceptors (Lipinski definition) is 3. The first-order valence-electron chi connectivity index (χ1n) is 9.61. The third-order valence-corrected chi connectivity index (χ3v) is 6.45. The van der Waals surface area contributed by atoms with E-state index in [0.717, 1.165) is 11.3 Å². The van der Waals surface area contributed by atoms with Crippen molar-refractivity contribution in [1.29, 1.82) is 0 Å². The molecule has 0 radical (unpaired) electrons. The van der Waals surface area contributed by atoms with Crippen LogP contribution in [0.2, 0.25) is 0 Å². The smallest absolute Gasteiger partial charge is 0.233 e. The lowest BCUT2D eigenvalue weighted by Crippen LogP contribution is -2.51. The molecule has 0 aromatic heterocycles. The number of hydrogen-bond donors (Lipinski definition) is 0. The lowest BCUT2D eigenvalue weighted by Gasteiger charge is -2.35. The molecule has 2 aromatic carbocycles. The lowest BCUT2D eigenvalue weighted by atomic mass is 10.1. The van der Waals surface area contributed by atoms with E-state index in [4.69, 9.17) is 0 Å². The van der Waals surface area contributed by atoms with Crippen molar-refractivity contribution < 1.29 is 14.0 Å². The van der Waals surface area contributed by atoms with E-state index in [1.165, 1.54) is 29.5 Å². The fraction of sp³-hybridized carbons (Fsp3) is 0.364. The summed E-state index contributed by atoms with van der Waals surface area (Å²) in [6.07, 6.45) is 0.927. The summed E-state index contributed by atoms with van der Waals surface area (Å²) in [4.78, 5) is 29.8. The zero-order chi connectivity index (χ0) is 19.5. The maximum absolute atomic E-state index is 12.9. The molecule has 1 aliphatic heterocycles. The molecular weight excluding hydrogens is 375 g/mol. The van der Waals surface area contributed by atoms with Gasteiger partial charge in [0.2, 0.25) is 11.8 Å². The Balaban J connectivity index is 1.22. The molecule has 2 aromatic rings. The zero-order valence-corrected chi connectivity index (χ0v) is 16.4. The van der Waals surface area contributed by atoms with Crippen LogP contribution in [0.5, 0.6) is 0 Å². The Morgan fingerprint density at radius 2 is 1.57 bits per heavy atom. The summed E-state index contributed by atoms with van der Waals surface area (Å²) in [5, 5.41) is 0. The van der Waals surface area contributed by atoms with Gasteiger partial charge >= 0.3 is 0 Å². The van der Waals surface area contributed by atoms with E-state index in [9.17, 15) is 14.0 Å². The van der Waals surface area contributed by atoms with Gasteiger partial charge < -0.3 is 9.80 Å². The molecule has 4 nitrogen and oxygen atoms in total. The third-order valence-electron chi connectivity index (χ3n) is 5.46. The number of carbonyl (C=O) groups is 2. The Hall–Kier alpha value is -2.34. The van der Waals surface area contributed by atoms with Crippen molar-refractivity contribution in [3.05, 3.63) is 66.0 Å². The molecule has 4 rings (SSSR count). The van der Waals surface area contributed by atoms with Gasteiger partial charge in [-0.15, -0.1) is 11.8 Å². The maximum atomic E-state index is 12.9. The van der Waals surface area contributed by atoms with Crippen molar-refractivity contribution in [1.82, 2.24) is 9.80 Å². The van der Waals surface area contributed by atoms with Crippen molar-refractivity contribution in [2.24, 2.45) is 5.92 Å². The Labute approximate surface area is 168 Å². The monoisotopic (exact) mass is 398 g/mol. The van der Waals surface area contributed by atoms with Crippen molar-refractivity contribution in [2.75, 3.05) is 31.9 Å². The second-order valence-electron chi connectivity index (χ2n) is 7.31. The van der Waals surface area contributed by atoms with Crippen LogP contribution in [0.25, 0.3) is 0 Å². The van der Waals surface area contributed by atoms with Gasteiger partial charge in [-0.3, -0.25) is 9.59 Å². The summed E-state index contributed by atoms with van der Waals surface area (Å²) in [6, 6.07) is 16.4. The van der Waals surface area contributed by atoms with Crippen LogP contribution in [-0.4, -0.2) is 53.5 Å². The van der Waals surface area contributed by atoms with Crippen LogP contribution >= 0.6 is 11.8 Å². The maximum Gasteiger partial charge on any atom is 0.233 e. The Bertz CT molecular complexity index is 835. The quantitative estimate of drug-likeness (QED) is 0.725. The van der Waals surface area contributed by atoms with Gasteiger partial charge in [-0.05, 0) is 42.2 Å². The second-order valence-corrected chi connectivity index (χ2v) is 8.36. The van der Waals surface area contributed by atoms with Crippen LogP contribution in [0.1, 0.15) is 17.9 Å². The standard InChI is InChI=1S/C22H23FN2O2S/c23-17-6-8-18(9-7-17)28-15-21(26)24-10-12-25(13-11-24)22(27)20-14-19(20)16-4-2-1-3-5-16/h1-9,19-20H,10-15H2/t19-,20-/m0/s1. The molecule has 2 fully saturated rings. The van der Waals surface area contributed by atoms with Gasteiger partial charge in [0.05, 0.1) is 5.75 Å². The van der Waals surface area contributed by atoms with Crippen molar-refractivity contribution in [3.8, 4) is 0 Å². The fourth-order valence-corrected chi connectivity index (χ4v) is 4.52. The SMILES string of the molecule is O=C(CSc1ccc(F)cc1)N1CCN(C(=O)[C@H]2C[C@H]2c2ccccc2)CC1. The summed E-state index contributed by atoms with van der Waals surface area (Å²) in [5.74, 6) is 0.788. The number of piperazine rings is 1. The van der Waals surface area contributed by atoms with Crippen LogP contribution < -0.4 is 0 Å². The Morgan fingerprint density at radius 1 is 0.929 bits per heavy atom. The molecule has 0 unspecified atom stereocenters. The molecule has 2 aliphatic rings. The highest BCUT2D eigenvalue weighted by Crippen LogP contribution is 2.48. The topological polar surface area (TPSA) is 40.6 Å². The van der Waals surface area contributed by atoms with E-state index in [-0.39, 0.29) is 23.5 Å². The number of thioether (sulfide) groups is 1. The van der Waals surface area contributed by atoms with E-state index in [1.54, 1.807) is 12.1 Å². The molecule has 1 heterocycles. The van der Waals surface area contributed by atoms with Gasteiger partial charge in [0.25, 0.3) is 0 Å². The fourth-order valence-electron chi connectivity index (χ4n) is 3.71. The normalized spacial score (nSPS) is 21.5. The minimum Gasteiger partial charge on any atom is -0.339 e. The van der Waals surface area contributed by atoms with Gasteiger partial charge in [0, 0.05) is 37.0 Å². The van der Waals surface area contributed by atoms with Gasteiger partial charge in [0.1, 0.15) is 5.82 Å². The Kier molecular flexibility index (Phi) is 5.67. The number of nitrogens with zero attached hydrogens (tertiary/aromatic N) is 2. The molecular formula is C22H23FN2O2S. The molecule has 1 saturated heterocycles. The second kappa shape index (κ2) is 8.35. The van der Waals surface area contributed by atoms with Crippen molar-refractivity contribution >= 4 is 23.6 Å². The first-order chi connectivity index (χ1) is 13.6. The first-order valence-corrected chi connectivity index (χ1v) is 10.6. The number of amides is 2. The van der Waals surface area contributed by atoms with Crippen LogP contribution in [0.4, 0.5) is 4.39 Å². The summed E-state index contributed by atoms with van der Waals surface area (Å²) in [6.45, 7) is 2.36. The van der Waals surface area contributed by atoms with Crippen LogP contribution in [0, 0.1) is 11.7 Å². The van der Waals surface area contributed by atoms with Gasteiger partial charge in [-0.2, -0.15) is 0 Å². The minimum atomic E-state index is -0.276. The summed E-state index contributed by atoms with van der Waals surface area (Å²) >= 11 is 1.41. The molecule has 0 spiro atoms. The summed E-state index contributed by atoms with van der Waals surface area (Å²) in [7, 11) is 0. The van der Waals surface area contributed by atoms with E-state index in [1.807, 2.05) is 28.0 Å². The number of carbonyl (C=O) groups excluding carboxylic acids is 2. The van der Waals surface area contributed by atoms with E-state index < -0.39 is 0 Å². The van der Waals surface area contributed by atoms with Gasteiger partial charge in [-0.1, -0.05) is 30.3 Å². The van der Waals surface area contributed by atoms with Crippen LogP contribution in [0.15, 0.2) is 59.5 Å². The molecule has 146 valence electrons. The van der Waals surface area contributed by atoms with Gasteiger partial charge in [0.15, 0.2) is 0 Å². The summed E-state index contributed by atoms with van der Waals surface area (Å²) in [5.41, 5.74) is 1.24. The molecule has 1 aliphatic carbocycles. The molecule has 6 heteroatoms. The highest BCUT2D eigenvalue weighted by Gasteiger charge is 2.46. The number of benzene rings is 2. The minimum absolute atomic E-state index is 0.0648. The van der Waals surface area contributed by atoms with E-state index in [0.29, 0.717) is 37.8 Å². The molecule has 1 saturated carbocycles. The van der Waals surface area contributed by atoms with Gasteiger partial charge in [-0.25, -0.2) is 4.39 Å². The number of halogens is 1. The largest absolute Gasteiger partial charge is 0.339 e. The third kappa shape index (κ3) is 4.38. The molecule has 2 amide bonds. The van der Waals surface area contributed by atoms with E-state index >= 15 is 0 Å². The van der Waals surface area contributed by atoms with Crippen LogP contribution in [-0.2, 0) is 9.59 Å². The summed E-state index contributed by atoms with van der Waals surface area (Å²) < 4.78 is 12.9. The predicted molar refractivity (Wildman–Crippen MR) is 108 cm³/mol. The average molecular weight is 399 g/mol. The van der Waals surface area contributed by atoms with Crippen molar-refractivity contribution in [2.45, 2.75) is 17.2 Å². The lowest BCUT2D eigenvalue weighted by molar-refractivity contribution is -0.139.